The molecule has 0 aliphatic rings. The van der Waals surface area contributed by atoms with Gasteiger partial charge in [0.05, 0.1) is 19.2 Å². The summed E-state index contributed by atoms with van der Waals surface area (Å²) in [4.78, 5) is 15.0. The molecule has 1 heterocycles. The molecule has 0 saturated heterocycles. The summed E-state index contributed by atoms with van der Waals surface area (Å²) in [7, 11) is 1.29. The molecule has 1 unspecified atom stereocenters. The third-order valence-corrected chi connectivity index (χ3v) is 1.93. The van der Waals surface area contributed by atoms with Crippen LogP contribution in [-0.2, 0) is 15.1 Å². The molecular formula is C10H13NO3. The fourth-order valence-corrected chi connectivity index (χ4v) is 1.13. The number of carbonyl (C=O) groups excluding carboxylic acids is 1. The molecule has 4 nitrogen and oxygen atoms in total. The third kappa shape index (κ3) is 2.53. The molecule has 1 rings (SSSR count). The molecule has 1 aromatic rings. The summed E-state index contributed by atoms with van der Waals surface area (Å²) in [6, 6.07) is 5.18. The standard InChI is InChI=1S/C10H13NO3/c1-10(13,7-9(12)14-2)8-5-3-4-6-11-8/h3-6,13H,7H2,1-2H3. The van der Waals surface area contributed by atoms with E-state index in [1.54, 1.807) is 24.4 Å². The highest BCUT2D eigenvalue weighted by atomic mass is 16.5. The Morgan fingerprint density at radius 2 is 2.36 bits per heavy atom. The number of esters is 1. The number of ether oxygens (including phenoxy) is 1. The summed E-state index contributed by atoms with van der Waals surface area (Å²) in [5.41, 5.74) is -0.806. The van der Waals surface area contributed by atoms with Crippen LogP contribution < -0.4 is 0 Å². The van der Waals surface area contributed by atoms with E-state index in [1.807, 2.05) is 0 Å². The van der Waals surface area contributed by atoms with Crippen molar-refractivity contribution in [2.45, 2.75) is 18.9 Å². The lowest BCUT2D eigenvalue weighted by molar-refractivity contribution is -0.146. The molecule has 0 amide bonds. The topological polar surface area (TPSA) is 59.4 Å². The lowest BCUT2D eigenvalue weighted by atomic mass is 9.98. The van der Waals surface area contributed by atoms with Crippen LogP contribution in [0.5, 0.6) is 0 Å². The summed E-state index contributed by atoms with van der Waals surface area (Å²) in [5, 5.41) is 9.92. The highest BCUT2D eigenvalue weighted by Crippen LogP contribution is 2.22. The molecule has 0 aliphatic carbocycles. The van der Waals surface area contributed by atoms with E-state index in [4.69, 9.17) is 0 Å². The van der Waals surface area contributed by atoms with Gasteiger partial charge in [0, 0.05) is 6.20 Å². The van der Waals surface area contributed by atoms with Gasteiger partial charge in [-0.1, -0.05) is 6.07 Å². The minimum Gasteiger partial charge on any atom is -0.469 e. The van der Waals surface area contributed by atoms with E-state index in [1.165, 1.54) is 14.0 Å². The summed E-state index contributed by atoms with van der Waals surface area (Å²) in [6.45, 7) is 1.53. The van der Waals surface area contributed by atoms with Gasteiger partial charge in [-0.3, -0.25) is 9.78 Å². The number of aliphatic hydroxyl groups is 1. The average molecular weight is 195 g/mol. The van der Waals surface area contributed by atoms with Gasteiger partial charge in [0.2, 0.25) is 0 Å². The second-order valence-corrected chi connectivity index (χ2v) is 3.24. The molecule has 0 fully saturated rings. The molecule has 14 heavy (non-hydrogen) atoms. The van der Waals surface area contributed by atoms with Crippen molar-refractivity contribution in [2.24, 2.45) is 0 Å². The first-order valence-electron chi connectivity index (χ1n) is 4.27. The van der Waals surface area contributed by atoms with E-state index in [0.717, 1.165) is 0 Å². The van der Waals surface area contributed by atoms with E-state index in [9.17, 15) is 9.90 Å². The molecular weight excluding hydrogens is 182 g/mol. The number of aromatic nitrogens is 1. The zero-order valence-electron chi connectivity index (χ0n) is 8.23. The molecule has 0 radical (unpaired) electrons. The van der Waals surface area contributed by atoms with Crippen LogP contribution >= 0.6 is 0 Å². The number of hydrogen-bond acceptors (Lipinski definition) is 4. The van der Waals surface area contributed by atoms with Crippen molar-refractivity contribution in [3.8, 4) is 0 Å². The molecule has 1 atom stereocenters. The Kier molecular flexibility index (Phi) is 3.19. The Bertz CT molecular complexity index is 308. The smallest absolute Gasteiger partial charge is 0.308 e. The normalized spacial score (nSPS) is 14.5. The maximum absolute atomic E-state index is 11.0. The summed E-state index contributed by atoms with van der Waals surface area (Å²) in [5.74, 6) is -0.458. The Morgan fingerprint density at radius 1 is 1.64 bits per heavy atom. The predicted octanol–water partition coefficient (Wildman–Crippen LogP) is 0.852. The number of carbonyl (C=O) groups is 1. The van der Waals surface area contributed by atoms with Gasteiger partial charge >= 0.3 is 5.97 Å². The van der Waals surface area contributed by atoms with Gasteiger partial charge in [0.15, 0.2) is 0 Å². The SMILES string of the molecule is COC(=O)CC(C)(O)c1ccccn1. The van der Waals surface area contributed by atoms with Gasteiger partial charge < -0.3 is 9.84 Å². The second kappa shape index (κ2) is 4.19. The lowest BCUT2D eigenvalue weighted by Gasteiger charge is -2.20. The lowest BCUT2D eigenvalue weighted by Crippen LogP contribution is -2.26. The molecule has 1 aromatic heterocycles. The Morgan fingerprint density at radius 3 is 2.86 bits per heavy atom. The van der Waals surface area contributed by atoms with Gasteiger partial charge in [0.25, 0.3) is 0 Å². The van der Waals surface area contributed by atoms with Gasteiger partial charge in [-0.25, -0.2) is 0 Å². The largest absolute Gasteiger partial charge is 0.469 e. The van der Waals surface area contributed by atoms with Gasteiger partial charge in [-0.2, -0.15) is 0 Å². The minimum atomic E-state index is -1.27. The van der Waals surface area contributed by atoms with Crippen LogP contribution in [-0.4, -0.2) is 23.2 Å². The predicted molar refractivity (Wildman–Crippen MR) is 50.4 cm³/mol. The summed E-state index contributed by atoms with van der Waals surface area (Å²) in [6.07, 6.45) is 1.47. The molecule has 1 N–H and O–H groups in total. The van der Waals surface area contributed by atoms with Crippen LogP contribution in [0.1, 0.15) is 19.0 Å². The maximum atomic E-state index is 11.0. The van der Waals surface area contributed by atoms with Crippen LogP contribution in [0.3, 0.4) is 0 Å². The first kappa shape index (κ1) is 10.7. The summed E-state index contributed by atoms with van der Waals surface area (Å²) < 4.78 is 4.48. The molecule has 0 bridgehead atoms. The zero-order valence-corrected chi connectivity index (χ0v) is 8.23. The van der Waals surface area contributed by atoms with E-state index in [2.05, 4.69) is 9.72 Å². The Labute approximate surface area is 82.5 Å². The summed E-state index contributed by atoms with van der Waals surface area (Å²) >= 11 is 0. The van der Waals surface area contributed by atoms with Crippen molar-refractivity contribution in [3.05, 3.63) is 30.1 Å². The molecule has 0 saturated carbocycles. The van der Waals surface area contributed by atoms with E-state index < -0.39 is 11.6 Å². The van der Waals surface area contributed by atoms with Gasteiger partial charge in [0.1, 0.15) is 5.60 Å². The van der Waals surface area contributed by atoms with Crippen molar-refractivity contribution in [2.75, 3.05) is 7.11 Å². The van der Waals surface area contributed by atoms with Crippen LogP contribution in [0.4, 0.5) is 0 Å². The first-order valence-corrected chi connectivity index (χ1v) is 4.27. The Hall–Kier alpha value is -1.42. The van der Waals surface area contributed by atoms with Crippen molar-refractivity contribution in [3.63, 3.8) is 0 Å². The number of hydrogen-bond donors (Lipinski definition) is 1. The van der Waals surface area contributed by atoms with Gasteiger partial charge in [-0.15, -0.1) is 0 Å². The van der Waals surface area contributed by atoms with Crippen molar-refractivity contribution < 1.29 is 14.6 Å². The van der Waals surface area contributed by atoms with Crippen molar-refractivity contribution >= 4 is 5.97 Å². The first-order chi connectivity index (χ1) is 6.56. The van der Waals surface area contributed by atoms with Crippen LogP contribution in [0.2, 0.25) is 0 Å². The van der Waals surface area contributed by atoms with Crippen molar-refractivity contribution in [1.29, 1.82) is 0 Å². The van der Waals surface area contributed by atoms with Crippen LogP contribution in [0, 0.1) is 0 Å². The molecule has 0 spiro atoms. The fraction of sp³-hybridized carbons (Fsp3) is 0.400. The quantitative estimate of drug-likeness (QED) is 0.726. The molecule has 0 aliphatic heterocycles. The second-order valence-electron chi connectivity index (χ2n) is 3.24. The minimum absolute atomic E-state index is 0.0967. The van der Waals surface area contributed by atoms with Crippen LogP contribution in [0.15, 0.2) is 24.4 Å². The maximum Gasteiger partial charge on any atom is 0.308 e. The molecule has 0 aromatic carbocycles. The van der Waals surface area contributed by atoms with Crippen LogP contribution in [0.25, 0.3) is 0 Å². The molecule has 4 heteroatoms. The fourth-order valence-electron chi connectivity index (χ4n) is 1.13. The van der Waals surface area contributed by atoms with E-state index >= 15 is 0 Å². The highest BCUT2D eigenvalue weighted by Gasteiger charge is 2.28. The monoisotopic (exact) mass is 195 g/mol. The Balaban J connectivity index is 2.80. The van der Waals surface area contributed by atoms with Crippen molar-refractivity contribution in [1.82, 2.24) is 4.98 Å². The average Bonchev–Trinajstić information content (AvgIpc) is 2.18. The van der Waals surface area contributed by atoms with E-state index in [0.29, 0.717) is 5.69 Å². The number of pyridine rings is 1. The van der Waals surface area contributed by atoms with E-state index in [-0.39, 0.29) is 6.42 Å². The number of rotatable bonds is 3. The number of methoxy groups -OCH3 is 1. The zero-order chi connectivity index (χ0) is 10.6. The highest BCUT2D eigenvalue weighted by molar-refractivity contribution is 5.70. The number of nitrogens with zero attached hydrogens (tertiary/aromatic N) is 1. The third-order valence-electron chi connectivity index (χ3n) is 1.93. The molecule has 76 valence electrons. The van der Waals surface area contributed by atoms with Gasteiger partial charge in [-0.05, 0) is 19.1 Å².